The van der Waals surface area contributed by atoms with Crippen LogP contribution in [0.1, 0.15) is 19.8 Å². The summed E-state index contributed by atoms with van der Waals surface area (Å²) in [6.07, 6.45) is 1.78. The molecular weight excluding hydrogens is 322 g/mol. The number of likely N-dealkylation sites (N-methyl/N-ethyl adjacent to an activating group) is 1. The Hall–Kier alpha value is -2.13. The number of aromatic amines is 1. The second-order valence-corrected chi connectivity index (χ2v) is 7.18. The van der Waals surface area contributed by atoms with E-state index in [-0.39, 0.29) is 28.4 Å². The first kappa shape index (κ1) is 17.2. The van der Waals surface area contributed by atoms with Gasteiger partial charge in [-0.25, -0.2) is 13.2 Å². The van der Waals surface area contributed by atoms with Crippen molar-refractivity contribution in [3.05, 3.63) is 28.7 Å². The van der Waals surface area contributed by atoms with Gasteiger partial charge in [0.25, 0.3) is 0 Å². The smallest absolute Gasteiger partial charge is 0.408 e. The number of H-pyrrole nitrogens is 1. The molecule has 9 heteroatoms. The summed E-state index contributed by atoms with van der Waals surface area (Å²) in [5.74, 6) is -1.01. The summed E-state index contributed by atoms with van der Waals surface area (Å²) < 4.78 is 30.7. The van der Waals surface area contributed by atoms with E-state index in [4.69, 9.17) is 4.42 Å². The molecule has 0 atom stereocenters. The summed E-state index contributed by atoms with van der Waals surface area (Å²) in [5, 5.41) is 2.66. The Labute approximate surface area is 133 Å². The number of sulfonamides is 1. The van der Waals surface area contributed by atoms with Crippen molar-refractivity contribution in [2.45, 2.75) is 24.7 Å². The second-order valence-electron chi connectivity index (χ2n) is 5.14. The van der Waals surface area contributed by atoms with Crippen molar-refractivity contribution < 1.29 is 17.6 Å². The number of nitrogens with one attached hydrogen (secondary N) is 2. The van der Waals surface area contributed by atoms with E-state index in [9.17, 15) is 18.0 Å². The average molecular weight is 341 g/mol. The lowest BCUT2D eigenvalue weighted by atomic mass is 10.3. The Morgan fingerprint density at radius 2 is 2.13 bits per heavy atom. The lowest BCUT2D eigenvalue weighted by Crippen LogP contribution is -2.38. The van der Waals surface area contributed by atoms with Crippen LogP contribution in [0.3, 0.4) is 0 Å². The third kappa shape index (κ3) is 3.99. The fourth-order valence-electron chi connectivity index (χ4n) is 2.02. The molecule has 23 heavy (non-hydrogen) atoms. The summed E-state index contributed by atoms with van der Waals surface area (Å²) in [5.41, 5.74) is 0.561. The zero-order valence-corrected chi connectivity index (χ0v) is 13.8. The van der Waals surface area contributed by atoms with Gasteiger partial charge in [0.05, 0.1) is 17.0 Å². The van der Waals surface area contributed by atoms with Crippen LogP contribution in [0.4, 0.5) is 0 Å². The van der Waals surface area contributed by atoms with Gasteiger partial charge in [-0.05, 0) is 24.6 Å². The third-order valence-corrected chi connectivity index (χ3v) is 5.12. The number of nitrogens with zero attached hydrogens (tertiary/aromatic N) is 1. The van der Waals surface area contributed by atoms with E-state index in [0.29, 0.717) is 6.54 Å². The van der Waals surface area contributed by atoms with Gasteiger partial charge in [0.15, 0.2) is 5.58 Å². The molecule has 0 aliphatic heterocycles. The number of hydrogen-bond donors (Lipinski definition) is 2. The molecule has 0 fully saturated rings. The predicted octanol–water partition coefficient (Wildman–Crippen LogP) is 0.658. The van der Waals surface area contributed by atoms with E-state index in [2.05, 4.69) is 10.3 Å². The average Bonchev–Trinajstić information content (AvgIpc) is 2.86. The van der Waals surface area contributed by atoms with Crippen LogP contribution >= 0.6 is 0 Å². The summed E-state index contributed by atoms with van der Waals surface area (Å²) in [6.45, 7) is 2.25. The zero-order valence-electron chi connectivity index (χ0n) is 13.0. The number of aromatic nitrogens is 1. The van der Waals surface area contributed by atoms with E-state index in [0.717, 1.165) is 17.1 Å². The number of rotatable bonds is 7. The Balaban J connectivity index is 2.15. The number of amides is 1. The second kappa shape index (κ2) is 6.97. The first-order valence-corrected chi connectivity index (χ1v) is 8.64. The Bertz CT molecular complexity index is 853. The molecule has 0 aliphatic carbocycles. The van der Waals surface area contributed by atoms with Crippen molar-refractivity contribution in [2.24, 2.45) is 0 Å². The minimum absolute atomic E-state index is 0.0223. The fourth-order valence-corrected chi connectivity index (χ4v) is 3.17. The van der Waals surface area contributed by atoms with Gasteiger partial charge >= 0.3 is 5.76 Å². The minimum atomic E-state index is -3.84. The van der Waals surface area contributed by atoms with Crippen LogP contribution in [0.25, 0.3) is 11.1 Å². The molecule has 0 radical (unpaired) electrons. The highest BCUT2D eigenvalue weighted by Gasteiger charge is 2.23. The van der Waals surface area contributed by atoms with Crippen LogP contribution in [0.2, 0.25) is 0 Å². The van der Waals surface area contributed by atoms with Gasteiger partial charge in [0, 0.05) is 13.6 Å². The van der Waals surface area contributed by atoms with Crippen molar-refractivity contribution in [1.82, 2.24) is 14.6 Å². The maximum Gasteiger partial charge on any atom is 0.417 e. The molecule has 1 heterocycles. The maximum absolute atomic E-state index is 12.5. The molecule has 2 N–H and O–H groups in total. The van der Waals surface area contributed by atoms with Crippen LogP contribution in [-0.2, 0) is 14.8 Å². The van der Waals surface area contributed by atoms with Crippen LogP contribution in [-0.4, -0.2) is 43.8 Å². The summed E-state index contributed by atoms with van der Waals surface area (Å²) >= 11 is 0. The van der Waals surface area contributed by atoms with Gasteiger partial charge in [-0.1, -0.05) is 13.3 Å². The molecule has 1 aromatic carbocycles. The molecule has 2 aromatic rings. The van der Waals surface area contributed by atoms with E-state index >= 15 is 0 Å². The molecule has 1 amide bonds. The number of oxazole rings is 1. The Morgan fingerprint density at radius 3 is 2.83 bits per heavy atom. The van der Waals surface area contributed by atoms with Crippen molar-refractivity contribution >= 4 is 27.0 Å². The molecule has 0 spiro atoms. The molecule has 8 nitrogen and oxygen atoms in total. The molecule has 0 bridgehead atoms. The normalized spacial score (nSPS) is 12.0. The van der Waals surface area contributed by atoms with Gasteiger partial charge in [-0.2, -0.15) is 4.31 Å². The molecule has 0 saturated heterocycles. The van der Waals surface area contributed by atoms with Crippen LogP contribution in [0.5, 0.6) is 0 Å². The highest BCUT2D eigenvalue weighted by Crippen LogP contribution is 2.19. The first-order valence-electron chi connectivity index (χ1n) is 7.20. The highest BCUT2D eigenvalue weighted by atomic mass is 32.2. The van der Waals surface area contributed by atoms with Crippen molar-refractivity contribution in [3.63, 3.8) is 0 Å². The standard InChI is InChI=1S/C14H19N3O5S/c1-3-4-7-15-13(18)9-17(2)23(20,21)10-5-6-12-11(8-10)16-14(19)22-12/h5-6,8H,3-4,7,9H2,1-2H3,(H,15,18)(H,16,19). The number of carbonyl (C=O) groups is 1. The van der Waals surface area contributed by atoms with E-state index in [1.807, 2.05) is 6.92 Å². The van der Waals surface area contributed by atoms with Crippen molar-refractivity contribution in [1.29, 1.82) is 0 Å². The van der Waals surface area contributed by atoms with Gasteiger partial charge in [0.1, 0.15) is 0 Å². The van der Waals surface area contributed by atoms with Crippen molar-refractivity contribution in [3.8, 4) is 0 Å². The number of carbonyl (C=O) groups excluding carboxylic acids is 1. The molecule has 126 valence electrons. The molecule has 0 unspecified atom stereocenters. The van der Waals surface area contributed by atoms with E-state index < -0.39 is 15.8 Å². The highest BCUT2D eigenvalue weighted by molar-refractivity contribution is 7.89. The summed E-state index contributed by atoms with van der Waals surface area (Å²) in [4.78, 5) is 25.2. The van der Waals surface area contributed by atoms with E-state index in [1.54, 1.807) is 0 Å². The lowest BCUT2D eigenvalue weighted by Gasteiger charge is -2.16. The van der Waals surface area contributed by atoms with Gasteiger partial charge in [0.2, 0.25) is 15.9 Å². The number of benzene rings is 1. The SMILES string of the molecule is CCCCNC(=O)CN(C)S(=O)(=O)c1ccc2oc(=O)[nH]c2c1. The largest absolute Gasteiger partial charge is 0.417 e. The fraction of sp³-hybridized carbons (Fsp3) is 0.429. The molecule has 2 rings (SSSR count). The summed E-state index contributed by atoms with van der Waals surface area (Å²) in [7, 11) is -2.51. The van der Waals surface area contributed by atoms with Crippen LogP contribution in [0.15, 0.2) is 32.3 Å². The molecule has 1 aromatic heterocycles. The van der Waals surface area contributed by atoms with Gasteiger partial charge in [-0.15, -0.1) is 0 Å². The van der Waals surface area contributed by atoms with Gasteiger partial charge in [-0.3, -0.25) is 9.78 Å². The first-order chi connectivity index (χ1) is 10.8. The van der Waals surface area contributed by atoms with E-state index in [1.165, 1.54) is 25.2 Å². The van der Waals surface area contributed by atoms with Crippen molar-refractivity contribution in [2.75, 3.05) is 20.1 Å². The summed E-state index contributed by atoms with van der Waals surface area (Å²) in [6, 6.07) is 4.04. The van der Waals surface area contributed by atoms with Crippen LogP contribution < -0.4 is 11.1 Å². The molecular formula is C14H19N3O5S. The van der Waals surface area contributed by atoms with Gasteiger partial charge < -0.3 is 9.73 Å². The minimum Gasteiger partial charge on any atom is -0.408 e. The Kier molecular flexibility index (Phi) is 5.22. The number of fused-ring (bicyclic) bond motifs is 1. The Morgan fingerprint density at radius 1 is 1.39 bits per heavy atom. The number of unbranched alkanes of at least 4 members (excludes halogenated alkanes) is 1. The van der Waals surface area contributed by atoms with Crippen LogP contribution in [0, 0.1) is 0 Å². The number of hydrogen-bond acceptors (Lipinski definition) is 5. The quantitative estimate of drug-likeness (QED) is 0.718. The topological polar surface area (TPSA) is 112 Å². The third-order valence-electron chi connectivity index (χ3n) is 3.32. The predicted molar refractivity (Wildman–Crippen MR) is 84.6 cm³/mol. The molecule has 0 aliphatic rings. The maximum atomic E-state index is 12.5. The molecule has 0 saturated carbocycles. The zero-order chi connectivity index (χ0) is 17.0. The monoisotopic (exact) mass is 341 g/mol. The lowest BCUT2D eigenvalue weighted by molar-refractivity contribution is -0.121.